The van der Waals surface area contributed by atoms with E-state index in [9.17, 15) is 9.59 Å². The van der Waals surface area contributed by atoms with Crippen molar-refractivity contribution in [2.45, 2.75) is 26.8 Å². The van der Waals surface area contributed by atoms with Crippen molar-refractivity contribution in [3.05, 3.63) is 62.7 Å². The molecule has 3 rings (SSSR count). The molecule has 124 valence electrons. The van der Waals surface area contributed by atoms with Crippen molar-refractivity contribution in [1.29, 1.82) is 0 Å². The molecule has 0 atom stereocenters. The third-order valence-electron chi connectivity index (χ3n) is 3.58. The molecule has 24 heavy (non-hydrogen) atoms. The maximum absolute atomic E-state index is 12.1. The average molecular weight is 343 g/mol. The van der Waals surface area contributed by atoms with E-state index < -0.39 is 0 Å². The second-order valence-electron chi connectivity index (χ2n) is 5.52. The number of aromatic nitrogens is 2. The van der Waals surface area contributed by atoms with Gasteiger partial charge in [0.25, 0.3) is 5.56 Å². The van der Waals surface area contributed by atoms with E-state index in [0.717, 1.165) is 16.3 Å². The van der Waals surface area contributed by atoms with Gasteiger partial charge in [0, 0.05) is 23.2 Å². The van der Waals surface area contributed by atoms with Crippen molar-refractivity contribution < 1.29 is 9.21 Å². The zero-order valence-electron chi connectivity index (χ0n) is 13.4. The SMILES string of the molecule is Cc1cc(C)c(CNC(=O)Cc2csc(-c3ccco3)n2)c(=O)[nH]1. The number of H-pyrrole nitrogens is 1. The number of hydrogen-bond acceptors (Lipinski definition) is 5. The average Bonchev–Trinajstić information content (AvgIpc) is 3.16. The van der Waals surface area contributed by atoms with Gasteiger partial charge < -0.3 is 14.7 Å². The van der Waals surface area contributed by atoms with Crippen LogP contribution in [-0.4, -0.2) is 15.9 Å². The van der Waals surface area contributed by atoms with Gasteiger partial charge in [-0.15, -0.1) is 11.3 Å². The maximum Gasteiger partial charge on any atom is 0.253 e. The van der Waals surface area contributed by atoms with Gasteiger partial charge in [0.2, 0.25) is 5.91 Å². The Morgan fingerprint density at radius 3 is 2.96 bits per heavy atom. The predicted molar refractivity (Wildman–Crippen MR) is 91.9 cm³/mol. The summed E-state index contributed by atoms with van der Waals surface area (Å²) in [5, 5.41) is 5.35. The molecule has 7 heteroatoms. The number of nitrogens with one attached hydrogen (secondary N) is 2. The van der Waals surface area contributed by atoms with Gasteiger partial charge in [0.15, 0.2) is 10.8 Å². The molecule has 0 fully saturated rings. The van der Waals surface area contributed by atoms with Crippen molar-refractivity contribution in [3.63, 3.8) is 0 Å². The van der Waals surface area contributed by atoms with Crippen molar-refractivity contribution in [3.8, 4) is 10.8 Å². The summed E-state index contributed by atoms with van der Waals surface area (Å²) in [6.07, 6.45) is 1.75. The van der Waals surface area contributed by atoms with Crippen LogP contribution in [0, 0.1) is 13.8 Å². The van der Waals surface area contributed by atoms with Crippen molar-refractivity contribution in [1.82, 2.24) is 15.3 Å². The quantitative estimate of drug-likeness (QED) is 0.745. The summed E-state index contributed by atoms with van der Waals surface area (Å²) in [5.41, 5.74) is 2.76. The summed E-state index contributed by atoms with van der Waals surface area (Å²) in [6, 6.07) is 5.51. The van der Waals surface area contributed by atoms with Crippen LogP contribution in [0.2, 0.25) is 0 Å². The molecule has 6 nitrogen and oxygen atoms in total. The van der Waals surface area contributed by atoms with Gasteiger partial charge in [-0.3, -0.25) is 9.59 Å². The maximum atomic E-state index is 12.1. The zero-order chi connectivity index (χ0) is 17.1. The number of pyridine rings is 1. The molecule has 3 heterocycles. The third-order valence-corrected chi connectivity index (χ3v) is 4.49. The minimum absolute atomic E-state index is 0.165. The first kappa shape index (κ1) is 16.2. The fourth-order valence-electron chi connectivity index (χ4n) is 2.42. The lowest BCUT2D eigenvalue weighted by Crippen LogP contribution is -2.29. The van der Waals surface area contributed by atoms with E-state index in [2.05, 4.69) is 15.3 Å². The first-order chi connectivity index (χ1) is 11.5. The van der Waals surface area contributed by atoms with Crippen LogP contribution >= 0.6 is 11.3 Å². The molecule has 0 saturated carbocycles. The van der Waals surface area contributed by atoms with Gasteiger partial charge in [-0.2, -0.15) is 0 Å². The Hall–Kier alpha value is -2.67. The number of aromatic amines is 1. The monoisotopic (exact) mass is 343 g/mol. The highest BCUT2D eigenvalue weighted by atomic mass is 32.1. The highest BCUT2D eigenvalue weighted by molar-refractivity contribution is 7.13. The molecule has 0 bridgehead atoms. The number of rotatable bonds is 5. The number of hydrogen-bond donors (Lipinski definition) is 2. The first-order valence-corrected chi connectivity index (χ1v) is 8.35. The largest absolute Gasteiger partial charge is 0.462 e. The van der Waals surface area contributed by atoms with Gasteiger partial charge in [0.05, 0.1) is 18.4 Å². The Morgan fingerprint density at radius 2 is 2.25 bits per heavy atom. The standard InChI is InChI=1S/C17H17N3O3S/c1-10-6-11(2)19-16(22)13(10)8-18-15(21)7-12-9-24-17(20-12)14-4-3-5-23-14/h3-6,9H,7-8H2,1-2H3,(H,18,21)(H,19,22). The topological polar surface area (TPSA) is 88.0 Å². The van der Waals surface area contributed by atoms with E-state index in [1.807, 2.05) is 31.4 Å². The number of amides is 1. The molecule has 0 spiro atoms. The van der Waals surface area contributed by atoms with Crippen LogP contribution in [0.4, 0.5) is 0 Å². The normalized spacial score (nSPS) is 10.8. The second-order valence-corrected chi connectivity index (χ2v) is 6.38. The fraction of sp³-hybridized carbons (Fsp3) is 0.235. The van der Waals surface area contributed by atoms with Crippen LogP contribution in [0.5, 0.6) is 0 Å². The van der Waals surface area contributed by atoms with Crippen LogP contribution < -0.4 is 10.9 Å². The fourth-order valence-corrected chi connectivity index (χ4v) is 3.20. The number of aryl methyl sites for hydroxylation is 2. The lowest BCUT2D eigenvalue weighted by atomic mass is 10.1. The van der Waals surface area contributed by atoms with Crippen molar-refractivity contribution in [2.75, 3.05) is 0 Å². The van der Waals surface area contributed by atoms with Gasteiger partial charge in [-0.25, -0.2) is 4.98 Å². The van der Waals surface area contributed by atoms with E-state index in [-0.39, 0.29) is 24.4 Å². The zero-order valence-corrected chi connectivity index (χ0v) is 14.2. The third kappa shape index (κ3) is 3.62. The van der Waals surface area contributed by atoms with E-state index in [1.54, 1.807) is 12.3 Å². The molecule has 0 radical (unpaired) electrons. The second kappa shape index (κ2) is 6.84. The number of furan rings is 1. The lowest BCUT2D eigenvalue weighted by Gasteiger charge is -2.07. The molecule has 0 aliphatic carbocycles. The van der Waals surface area contributed by atoms with Crippen LogP contribution in [-0.2, 0) is 17.8 Å². The van der Waals surface area contributed by atoms with Gasteiger partial charge in [-0.1, -0.05) is 0 Å². The van der Waals surface area contributed by atoms with Crippen LogP contribution in [0.25, 0.3) is 10.8 Å². The number of carbonyl (C=O) groups is 1. The van der Waals surface area contributed by atoms with Crippen LogP contribution in [0.3, 0.4) is 0 Å². The molecule has 3 aromatic rings. The molecule has 0 aromatic carbocycles. The highest BCUT2D eigenvalue weighted by Crippen LogP contribution is 2.24. The number of carbonyl (C=O) groups excluding carboxylic acids is 1. The van der Waals surface area contributed by atoms with Gasteiger partial charge in [0.1, 0.15) is 0 Å². The summed E-state index contributed by atoms with van der Waals surface area (Å²) in [7, 11) is 0. The highest BCUT2D eigenvalue weighted by Gasteiger charge is 2.12. The summed E-state index contributed by atoms with van der Waals surface area (Å²) in [5.74, 6) is 0.513. The number of thiazole rings is 1. The molecular formula is C17H17N3O3S. The summed E-state index contributed by atoms with van der Waals surface area (Å²) < 4.78 is 5.29. The molecule has 3 aromatic heterocycles. The lowest BCUT2D eigenvalue weighted by molar-refractivity contribution is -0.120. The minimum Gasteiger partial charge on any atom is -0.462 e. The molecule has 0 aliphatic heterocycles. The molecular weight excluding hydrogens is 326 g/mol. The Balaban J connectivity index is 1.62. The summed E-state index contributed by atoms with van der Waals surface area (Å²) >= 11 is 1.43. The smallest absolute Gasteiger partial charge is 0.253 e. The van der Waals surface area contributed by atoms with E-state index >= 15 is 0 Å². The molecule has 0 aliphatic rings. The molecule has 0 unspecified atom stereocenters. The minimum atomic E-state index is -0.175. The number of nitrogens with zero attached hydrogens (tertiary/aromatic N) is 1. The summed E-state index contributed by atoms with van der Waals surface area (Å²) in [6.45, 7) is 3.89. The van der Waals surface area contributed by atoms with Crippen LogP contribution in [0.15, 0.2) is 39.1 Å². The van der Waals surface area contributed by atoms with E-state index in [0.29, 0.717) is 17.0 Å². The van der Waals surface area contributed by atoms with Gasteiger partial charge >= 0.3 is 0 Å². The van der Waals surface area contributed by atoms with Crippen LogP contribution in [0.1, 0.15) is 22.5 Å². The molecule has 2 N–H and O–H groups in total. The van der Waals surface area contributed by atoms with E-state index in [4.69, 9.17) is 4.42 Å². The van der Waals surface area contributed by atoms with Gasteiger partial charge in [-0.05, 0) is 37.6 Å². The predicted octanol–water partition coefficient (Wildman–Crippen LogP) is 2.57. The first-order valence-electron chi connectivity index (χ1n) is 7.47. The summed E-state index contributed by atoms with van der Waals surface area (Å²) in [4.78, 5) is 31.2. The Bertz CT molecular complexity index is 910. The Morgan fingerprint density at radius 1 is 1.42 bits per heavy atom. The molecule has 1 amide bonds. The molecule has 0 saturated heterocycles. The Kier molecular flexibility index (Phi) is 4.61. The van der Waals surface area contributed by atoms with Crippen molar-refractivity contribution >= 4 is 17.2 Å². The van der Waals surface area contributed by atoms with E-state index in [1.165, 1.54) is 11.3 Å². The van der Waals surface area contributed by atoms with Crippen molar-refractivity contribution in [2.24, 2.45) is 0 Å². The Labute approximate surface area is 142 Å².